The fraction of sp³-hybridized carbons (Fsp3) is 0.474. The van der Waals surface area contributed by atoms with Crippen LogP contribution >= 0.6 is 0 Å². The summed E-state index contributed by atoms with van der Waals surface area (Å²) in [5, 5.41) is 0. The van der Waals surface area contributed by atoms with Crippen molar-refractivity contribution in [3.8, 4) is 0 Å². The number of hydrogen-bond acceptors (Lipinski definition) is 4. The molecule has 6 nitrogen and oxygen atoms in total. The zero-order valence-corrected chi connectivity index (χ0v) is 15.3. The molecule has 1 fully saturated rings. The van der Waals surface area contributed by atoms with Gasteiger partial charge in [0, 0.05) is 25.2 Å². The van der Waals surface area contributed by atoms with E-state index in [0.29, 0.717) is 18.9 Å². The van der Waals surface area contributed by atoms with E-state index in [9.17, 15) is 9.59 Å². The second-order valence-electron chi connectivity index (χ2n) is 6.16. The Morgan fingerprint density at radius 2 is 1.96 bits per heavy atom. The van der Waals surface area contributed by atoms with Gasteiger partial charge in [0.05, 0.1) is 6.54 Å². The molecule has 136 valence electrons. The lowest BCUT2D eigenvalue weighted by Crippen LogP contribution is -2.46. The van der Waals surface area contributed by atoms with Gasteiger partial charge in [0.15, 0.2) is 0 Å². The Hall–Kier alpha value is -2.34. The zero-order chi connectivity index (χ0) is 18.4. The minimum atomic E-state index is -0.380. The van der Waals surface area contributed by atoms with E-state index in [-0.39, 0.29) is 17.3 Å². The van der Waals surface area contributed by atoms with Gasteiger partial charge in [-0.05, 0) is 30.9 Å². The quantitative estimate of drug-likeness (QED) is 0.890. The van der Waals surface area contributed by atoms with Crippen molar-refractivity contribution in [2.75, 3.05) is 18.0 Å². The van der Waals surface area contributed by atoms with Crippen molar-refractivity contribution < 1.29 is 0 Å². The van der Waals surface area contributed by atoms with Crippen LogP contribution in [0, 0.1) is 6.92 Å². The summed E-state index contributed by atoms with van der Waals surface area (Å²) in [6.45, 7) is 7.92. The largest absolute Gasteiger partial charge is 0.356 e. The van der Waals surface area contributed by atoms with Gasteiger partial charge in [-0.2, -0.15) is 0 Å². The summed E-state index contributed by atoms with van der Waals surface area (Å²) in [4.78, 5) is 28.5. The van der Waals surface area contributed by atoms with Gasteiger partial charge in [-0.1, -0.05) is 38.1 Å². The molecule has 0 saturated carbocycles. The molecule has 2 heterocycles. The maximum Gasteiger partial charge on any atom is 0.330 e. The van der Waals surface area contributed by atoms with Crippen molar-refractivity contribution in [2.45, 2.75) is 46.2 Å². The first kappa shape index (κ1) is 19.0. The molecule has 0 bridgehead atoms. The summed E-state index contributed by atoms with van der Waals surface area (Å²) in [6, 6.07) is 9.51. The molecule has 0 spiro atoms. The number of aromatic nitrogens is 2. The SMILES string of the molecule is CC.Cc1ccccc1Cn1c(N2CCC[C@@H](N)C2)cc(=O)[nH]c1=O. The number of aryl methyl sites for hydroxylation is 1. The highest BCUT2D eigenvalue weighted by molar-refractivity contribution is 5.40. The minimum absolute atomic E-state index is 0.0741. The van der Waals surface area contributed by atoms with Crippen molar-refractivity contribution in [3.63, 3.8) is 0 Å². The fourth-order valence-electron chi connectivity index (χ4n) is 3.10. The number of H-pyrrole nitrogens is 1. The van der Waals surface area contributed by atoms with Crippen LogP contribution in [0.3, 0.4) is 0 Å². The second kappa shape index (κ2) is 8.67. The van der Waals surface area contributed by atoms with E-state index in [1.165, 1.54) is 6.07 Å². The average Bonchev–Trinajstić information content (AvgIpc) is 2.60. The Morgan fingerprint density at radius 1 is 1.24 bits per heavy atom. The van der Waals surface area contributed by atoms with Gasteiger partial charge < -0.3 is 10.6 Å². The normalized spacial score (nSPS) is 17.0. The van der Waals surface area contributed by atoms with Crippen LogP contribution in [-0.2, 0) is 6.54 Å². The van der Waals surface area contributed by atoms with Crippen molar-refractivity contribution in [1.82, 2.24) is 9.55 Å². The number of nitrogens with zero attached hydrogens (tertiary/aromatic N) is 2. The highest BCUT2D eigenvalue weighted by Crippen LogP contribution is 2.18. The molecule has 1 aliphatic rings. The maximum absolute atomic E-state index is 12.4. The summed E-state index contributed by atoms with van der Waals surface area (Å²) >= 11 is 0. The summed E-state index contributed by atoms with van der Waals surface area (Å²) in [5.74, 6) is 0.650. The molecule has 3 rings (SSSR count). The summed E-state index contributed by atoms with van der Waals surface area (Å²) in [7, 11) is 0. The standard InChI is InChI=1S/C17H22N4O2.C2H6/c1-12-5-2-3-6-13(12)10-21-16(9-15(22)19-17(21)23)20-8-4-7-14(18)11-20;1-2/h2-3,5-6,9,14H,4,7-8,10-11,18H2,1H3,(H,19,22,23);1-2H3/t14-;/m1./s1. The Kier molecular flexibility index (Phi) is 6.58. The van der Waals surface area contributed by atoms with Gasteiger partial charge in [-0.25, -0.2) is 4.79 Å². The van der Waals surface area contributed by atoms with Gasteiger partial charge in [-0.3, -0.25) is 14.3 Å². The Morgan fingerprint density at radius 3 is 2.64 bits per heavy atom. The van der Waals surface area contributed by atoms with Crippen LogP contribution < -0.4 is 21.9 Å². The molecule has 1 saturated heterocycles. The molecule has 2 aromatic rings. The number of benzene rings is 1. The van der Waals surface area contributed by atoms with Gasteiger partial charge in [-0.15, -0.1) is 0 Å². The van der Waals surface area contributed by atoms with Gasteiger partial charge in [0.1, 0.15) is 5.82 Å². The third-order valence-corrected chi connectivity index (χ3v) is 4.38. The molecule has 1 aliphatic heterocycles. The summed E-state index contributed by atoms with van der Waals surface area (Å²) in [6.07, 6.45) is 1.94. The zero-order valence-electron chi connectivity index (χ0n) is 15.3. The fourth-order valence-corrected chi connectivity index (χ4v) is 3.10. The number of aromatic amines is 1. The Balaban J connectivity index is 0.00000109. The van der Waals surface area contributed by atoms with E-state index in [4.69, 9.17) is 5.73 Å². The molecular weight excluding hydrogens is 316 g/mol. The molecule has 0 aliphatic carbocycles. The topological polar surface area (TPSA) is 84.1 Å². The third-order valence-electron chi connectivity index (χ3n) is 4.38. The van der Waals surface area contributed by atoms with E-state index in [2.05, 4.69) is 4.98 Å². The molecule has 1 aromatic carbocycles. The molecule has 6 heteroatoms. The summed E-state index contributed by atoms with van der Waals surface area (Å²) < 4.78 is 1.63. The van der Waals surface area contributed by atoms with E-state index in [1.807, 2.05) is 49.9 Å². The van der Waals surface area contributed by atoms with Gasteiger partial charge in [0.2, 0.25) is 0 Å². The lowest BCUT2D eigenvalue weighted by Gasteiger charge is -2.33. The predicted octanol–water partition coefficient (Wildman–Crippen LogP) is 1.85. The number of rotatable bonds is 3. The highest BCUT2D eigenvalue weighted by Gasteiger charge is 2.20. The van der Waals surface area contributed by atoms with Gasteiger partial charge >= 0.3 is 5.69 Å². The van der Waals surface area contributed by atoms with Crippen LogP contribution in [0.25, 0.3) is 0 Å². The first-order valence-corrected chi connectivity index (χ1v) is 8.94. The monoisotopic (exact) mass is 344 g/mol. The van der Waals surface area contributed by atoms with Crippen LogP contribution in [0.15, 0.2) is 39.9 Å². The second-order valence-corrected chi connectivity index (χ2v) is 6.16. The highest BCUT2D eigenvalue weighted by atomic mass is 16.2. The van der Waals surface area contributed by atoms with Crippen molar-refractivity contribution in [2.24, 2.45) is 5.73 Å². The van der Waals surface area contributed by atoms with Crippen LogP contribution in [0.2, 0.25) is 0 Å². The smallest absolute Gasteiger partial charge is 0.330 e. The molecule has 0 amide bonds. The molecule has 25 heavy (non-hydrogen) atoms. The lowest BCUT2D eigenvalue weighted by atomic mass is 10.1. The van der Waals surface area contributed by atoms with Crippen LogP contribution in [0.1, 0.15) is 37.8 Å². The summed E-state index contributed by atoms with van der Waals surface area (Å²) in [5.41, 5.74) is 7.48. The first-order valence-electron chi connectivity index (χ1n) is 8.94. The van der Waals surface area contributed by atoms with Crippen LogP contribution in [-0.4, -0.2) is 28.7 Å². The number of nitrogens with one attached hydrogen (secondary N) is 1. The van der Waals surface area contributed by atoms with Gasteiger partial charge in [0.25, 0.3) is 5.56 Å². The van der Waals surface area contributed by atoms with E-state index in [1.54, 1.807) is 4.57 Å². The van der Waals surface area contributed by atoms with E-state index >= 15 is 0 Å². The molecule has 3 N–H and O–H groups in total. The number of anilines is 1. The Labute approximate surface area is 148 Å². The van der Waals surface area contributed by atoms with Crippen LogP contribution in [0.5, 0.6) is 0 Å². The van der Waals surface area contributed by atoms with Crippen LogP contribution in [0.4, 0.5) is 5.82 Å². The number of hydrogen-bond donors (Lipinski definition) is 2. The van der Waals surface area contributed by atoms with Crippen molar-refractivity contribution in [3.05, 3.63) is 62.3 Å². The maximum atomic E-state index is 12.4. The minimum Gasteiger partial charge on any atom is -0.356 e. The molecule has 0 unspecified atom stereocenters. The predicted molar refractivity (Wildman–Crippen MR) is 102 cm³/mol. The van der Waals surface area contributed by atoms with E-state index < -0.39 is 0 Å². The van der Waals surface area contributed by atoms with E-state index in [0.717, 1.165) is 30.5 Å². The molecule has 1 atom stereocenters. The van der Waals surface area contributed by atoms with Crippen molar-refractivity contribution >= 4 is 5.82 Å². The first-order chi connectivity index (χ1) is 12.0. The lowest BCUT2D eigenvalue weighted by molar-refractivity contribution is 0.494. The van der Waals surface area contributed by atoms with Crippen molar-refractivity contribution in [1.29, 1.82) is 0 Å². The third kappa shape index (κ3) is 4.60. The number of nitrogens with two attached hydrogens (primary N) is 1. The Bertz CT molecular complexity index is 810. The molecule has 0 radical (unpaired) electrons. The molecular formula is C19H28N4O2. The average molecular weight is 344 g/mol. The number of piperidine rings is 1. The molecule has 1 aromatic heterocycles.